The van der Waals surface area contributed by atoms with Crippen molar-refractivity contribution in [3.63, 3.8) is 0 Å². The zero-order chi connectivity index (χ0) is 16.6. The van der Waals surface area contributed by atoms with Crippen molar-refractivity contribution in [1.82, 2.24) is 4.90 Å². The molecule has 2 saturated heterocycles. The summed E-state index contributed by atoms with van der Waals surface area (Å²) >= 11 is 3.43. The Labute approximate surface area is 142 Å². The maximum absolute atomic E-state index is 12.6. The second-order valence-electron chi connectivity index (χ2n) is 5.89. The lowest BCUT2D eigenvalue weighted by atomic mass is 10.1. The van der Waals surface area contributed by atoms with Crippen molar-refractivity contribution < 1.29 is 19.5 Å². The van der Waals surface area contributed by atoms with Gasteiger partial charge >= 0.3 is 5.97 Å². The first-order valence-corrected chi connectivity index (χ1v) is 8.36. The Morgan fingerprint density at radius 1 is 1.17 bits per heavy atom. The van der Waals surface area contributed by atoms with Crippen molar-refractivity contribution >= 4 is 39.4 Å². The summed E-state index contributed by atoms with van der Waals surface area (Å²) in [4.78, 5) is 39.3. The summed E-state index contributed by atoms with van der Waals surface area (Å²) in [6, 6.07) is 7.41. The molecule has 0 saturated carbocycles. The average molecular weight is 381 g/mol. The number of hydrogen-bond acceptors (Lipinski definition) is 3. The normalized spacial score (nSPS) is 24.3. The first-order chi connectivity index (χ1) is 11.0. The van der Waals surface area contributed by atoms with Gasteiger partial charge in [0.2, 0.25) is 11.8 Å². The molecule has 0 aliphatic carbocycles. The van der Waals surface area contributed by atoms with Crippen molar-refractivity contribution in [3.05, 3.63) is 28.7 Å². The number of carbonyl (C=O) groups is 3. The molecule has 1 aromatic carbocycles. The van der Waals surface area contributed by atoms with Crippen LogP contribution < -0.4 is 4.90 Å². The van der Waals surface area contributed by atoms with Gasteiger partial charge < -0.3 is 14.9 Å². The number of halogens is 1. The van der Waals surface area contributed by atoms with Crippen molar-refractivity contribution in [2.45, 2.75) is 12.8 Å². The molecule has 122 valence electrons. The van der Waals surface area contributed by atoms with Gasteiger partial charge in [-0.25, -0.2) is 0 Å². The minimum absolute atomic E-state index is 0.201. The third-order valence-electron chi connectivity index (χ3n) is 4.50. The number of aliphatic carboxylic acids is 1. The molecule has 1 N–H and O–H groups in total. The number of rotatable bonds is 3. The maximum atomic E-state index is 12.6. The maximum Gasteiger partial charge on any atom is 0.308 e. The standard InChI is InChI=1S/C16H17BrN2O4/c17-12-3-1-2-4-13(12)19-8-6-11(15(19)21)14(20)18-7-5-10(9-18)16(22)23/h1-4,10-11H,5-9H2,(H,22,23). The number of nitrogens with zero attached hydrogens (tertiary/aromatic N) is 2. The molecule has 3 rings (SSSR count). The van der Waals surface area contributed by atoms with Crippen LogP contribution in [0, 0.1) is 11.8 Å². The Kier molecular flexibility index (Phi) is 4.39. The molecule has 2 amide bonds. The Hall–Kier alpha value is -1.89. The number of benzene rings is 1. The van der Waals surface area contributed by atoms with Crippen molar-refractivity contribution in [2.24, 2.45) is 11.8 Å². The van der Waals surface area contributed by atoms with Gasteiger partial charge in [-0.15, -0.1) is 0 Å². The fraction of sp³-hybridized carbons (Fsp3) is 0.438. The molecule has 2 atom stereocenters. The van der Waals surface area contributed by atoms with Gasteiger partial charge in [-0.2, -0.15) is 0 Å². The Bertz CT molecular complexity index is 663. The quantitative estimate of drug-likeness (QED) is 0.810. The second-order valence-corrected chi connectivity index (χ2v) is 6.74. The third kappa shape index (κ3) is 2.97. The van der Waals surface area contributed by atoms with Crippen molar-refractivity contribution in [2.75, 3.05) is 24.5 Å². The van der Waals surface area contributed by atoms with Crippen LogP contribution in [0.15, 0.2) is 28.7 Å². The first-order valence-electron chi connectivity index (χ1n) is 7.56. The molecular weight excluding hydrogens is 364 g/mol. The minimum atomic E-state index is -0.882. The molecule has 2 fully saturated rings. The van der Waals surface area contributed by atoms with Crippen LogP contribution in [-0.4, -0.2) is 47.4 Å². The van der Waals surface area contributed by atoms with E-state index in [0.717, 1.165) is 10.2 Å². The summed E-state index contributed by atoms with van der Waals surface area (Å²) in [7, 11) is 0. The van der Waals surface area contributed by atoms with Gasteiger partial charge in [0.05, 0.1) is 11.6 Å². The highest BCUT2D eigenvalue weighted by atomic mass is 79.9. The number of carboxylic acids is 1. The molecule has 6 nitrogen and oxygen atoms in total. The summed E-state index contributed by atoms with van der Waals surface area (Å²) in [5.41, 5.74) is 0.762. The summed E-state index contributed by atoms with van der Waals surface area (Å²) in [6.45, 7) is 1.11. The van der Waals surface area contributed by atoms with E-state index in [1.54, 1.807) is 4.90 Å². The second kappa shape index (κ2) is 6.31. The first kappa shape index (κ1) is 16.0. The minimum Gasteiger partial charge on any atom is -0.481 e. The molecule has 0 spiro atoms. The number of carbonyl (C=O) groups excluding carboxylic acids is 2. The van der Waals surface area contributed by atoms with Crippen LogP contribution in [0.2, 0.25) is 0 Å². The highest BCUT2D eigenvalue weighted by Crippen LogP contribution is 2.32. The highest BCUT2D eigenvalue weighted by molar-refractivity contribution is 9.10. The molecule has 2 heterocycles. The fourth-order valence-electron chi connectivity index (χ4n) is 3.20. The van der Waals surface area contributed by atoms with Crippen LogP contribution in [0.5, 0.6) is 0 Å². The van der Waals surface area contributed by atoms with Crippen LogP contribution >= 0.6 is 15.9 Å². The van der Waals surface area contributed by atoms with Gasteiger partial charge in [0, 0.05) is 24.1 Å². The zero-order valence-electron chi connectivity index (χ0n) is 12.4. The number of para-hydroxylation sites is 1. The van der Waals surface area contributed by atoms with Gasteiger partial charge in [0.15, 0.2) is 0 Å². The number of likely N-dealkylation sites (tertiary alicyclic amines) is 1. The average Bonchev–Trinajstić information content (AvgIpc) is 3.14. The van der Waals surface area contributed by atoms with Crippen molar-refractivity contribution in [1.29, 1.82) is 0 Å². The summed E-state index contributed by atoms with van der Waals surface area (Å²) in [6.07, 6.45) is 0.920. The number of hydrogen-bond donors (Lipinski definition) is 1. The molecule has 23 heavy (non-hydrogen) atoms. The molecule has 2 aliphatic heterocycles. The Morgan fingerprint density at radius 2 is 1.91 bits per heavy atom. The van der Waals surface area contributed by atoms with Gasteiger partial charge in [-0.3, -0.25) is 14.4 Å². The molecule has 2 aliphatic rings. The van der Waals surface area contributed by atoms with Crippen molar-refractivity contribution in [3.8, 4) is 0 Å². The third-order valence-corrected chi connectivity index (χ3v) is 5.17. The van der Waals surface area contributed by atoms with Crippen LogP contribution in [0.4, 0.5) is 5.69 Å². The van der Waals surface area contributed by atoms with E-state index < -0.39 is 17.8 Å². The molecule has 7 heteroatoms. The van der Waals surface area contributed by atoms with Gasteiger partial charge in [0.1, 0.15) is 5.92 Å². The number of carboxylic acid groups (broad SMARTS) is 1. The summed E-state index contributed by atoms with van der Waals surface area (Å²) in [5, 5.41) is 9.03. The van der Waals surface area contributed by atoms with Crippen LogP contribution in [0.3, 0.4) is 0 Å². The summed E-state index contributed by atoms with van der Waals surface area (Å²) in [5.74, 6) is -2.55. The smallest absolute Gasteiger partial charge is 0.308 e. The summed E-state index contributed by atoms with van der Waals surface area (Å²) < 4.78 is 0.813. The Morgan fingerprint density at radius 3 is 2.57 bits per heavy atom. The van der Waals surface area contributed by atoms with E-state index in [1.165, 1.54) is 4.90 Å². The zero-order valence-corrected chi connectivity index (χ0v) is 14.0. The fourth-order valence-corrected chi connectivity index (χ4v) is 3.70. The largest absolute Gasteiger partial charge is 0.481 e. The SMILES string of the molecule is O=C(O)C1CCN(C(=O)C2CCN(c3ccccc3Br)C2=O)C1. The van der Waals surface area contributed by atoms with Crippen LogP contribution in [0.25, 0.3) is 0 Å². The lowest BCUT2D eigenvalue weighted by Gasteiger charge is -2.21. The molecule has 2 unspecified atom stereocenters. The molecular formula is C16H17BrN2O4. The van der Waals surface area contributed by atoms with E-state index in [2.05, 4.69) is 15.9 Å². The van der Waals surface area contributed by atoms with E-state index in [1.807, 2.05) is 24.3 Å². The molecule has 0 aromatic heterocycles. The van der Waals surface area contributed by atoms with Gasteiger partial charge in [-0.1, -0.05) is 12.1 Å². The lowest BCUT2D eigenvalue weighted by molar-refractivity contribution is -0.142. The molecule has 1 aromatic rings. The molecule has 0 radical (unpaired) electrons. The van der Waals surface area contributed by atoms with Crippen LogP contribution in [-0.2, 0) is 14.4 Å². The predicted molar refractivity (Wildman–Crippen MR) is 86.9 cm³/mol. The molecule has 0 bridgehead atoms. The van der Waals surface area contributed by atoms with E-state index >= 15 is 0 Å². The van der Waals surface area contributed by atoms with Gasteiger partial charge in [0.25, 0.3) is 0 Å². The van der Waals surface area contributed by atoms with Crippen LogP contribution in [0.1, 0.15) is 12.8 Å². The van der Waals surface area contributed by atoms with E-state index in [4.69, 9.17) is 5.11 Å². The Balaban J connectivity index is 1.71. The monoisotopic (exact) mass is 380 g/mol. The highest BCUT2D eigenvalue weighted by Gasteiger charge is 2.42. The van der Waals surface area contributed by atoms with E-state index in [-0.39, 0.29) is 18.4 Å². The topological polar surface area (TPSA) is 77.9 Å². The van der Waals surface area contributed by atoms with E-state index in [9.17, 15) is 14.4 Å². The number of anilines is 1. The number of amides is 2. The predicted octanol–water partition coefficient (Wildman–Crippen LogP) is 1.74. The lowest BCUT2D eigenvalue weighted by Crippen LogP contribution is -2.39. The van der Waals surface area contributed by atoms with E-state index in [0.29, 0.717) is 25.9 Å². The van der Waals surface area contributed by atoms with Gasteiger partial charge in [-0.05, 0) is 40.9 Å².